The first-order valence-electron chi connectivity index (χ1n) is 6.13. The molecule has 2 heterocycles. The Morgan fingerprint density at radius 1 is 1.20 bits per heavy atom. The van der Waals surface area contributed by atoms with Gasteiger partial charge < -0.3 is 10.3 Å². The van der Waals surface area contributed by atoms with E-state index in [0.717, 1.165) is 20.9 Å². The van der Waals surface area contributed by atoms with Gasteiger partial charge in [0.1, 0.15) is 0 Å². The van der Waals surface area contributed by atoms with Crippen molar-refractivity contribution < 1.29 is 0 Å². The quantitative estimate of drug-likeness (QED) is 0.735. The first-order valence-corrected chi connectivity index (χ1v) is 6.92. The molecule has 5 heteroatoms. The Balaban J connectivity index is 2.14. The predicted octanol–water partition coefficient (Wildman–Crippen LogP) is 2.79. The zero-order valence-corrected chi connectivity index (χ0v) is 12.2. The van der Waals surface area contributed by atoms with Crippen LogP contribution >= 0.6 is 15.9 Å². The molecule has 0 atom stereocenters. The molecule has 20 heavy (non-hydrogen) atoms. The van der Waals surface area contributed by atoms with Crippen LogP contribution in [0.2, 0.25) is 0 Å². The molecule has 0 unspecified atom stereocenters. The number of anilines is 1. The van der Waals surface area contributed by atoms with Gasteiger partial charge in [-0.25, -0.2) is 0 Å². The summed E-state index contributed by atoms with van der Waals surface area (Å²) in [6.45, 7) is 0.464. The number of hydrogen-bond acceptors (Lipinski definition) is 3. The summed E-state index contributed by atoms with van der Waals surface area (Å²) in [6, 6.07) is 10.8. The van der Waals surface area contributed by atoms with Gasteiger partial charge >= 0.3 is 0 Å². The zero-order chi connectivity index (χ0) is 14.1. The lowest BCUT2D eigenvalue weighted by molar-refractivity contribution is 0.759. The lowest BCUT2D eigenvalue weighted by atomic mass is 10.1. The van der Waals surface area contributed by atoms with Gasteiger partial charge in [0.2, 0.25) is 0 Å². The fraction of sp³-hybridized carbons (Fsp3) is 0.0667. The van der Waals surface area contributed by atoms with Gasteiger partial charge in [0.05, 0.1) is 12.1 Å². The van der Waals surface area contributed by atoms with E-state index in [4.69, 9.17) is 5.73 Å². The summed E-state index contributed by atoms with van der Waals surface area (Å²) < 4.78 is 2.51. The van der Waals surface area contributed by atoms with Crippen molar-refractivity contribution >= 4 is 32.5 Å². The van der Waals surface area contributed by atoms with Crippen LogP contribution in [0.5, 0.6) is 0 Å². The Bertz CT molecular complexity index is 842. The average Bonchev–Trinajstić information content (AvgIpc) is 2.46. The SMILES string of the molecule is Nc1ccc(Cn2cc(Br)ccc2=O)c2ncccc12. The Hall–Kier alpha value is -2.14. The van der Waals surface area contributed by atoms with Crippen molar-refractivity contribution in [1.29, 1.82) is 0 Å². The summed E-state index contributed by atoms with van der Waals surface area (Å²) in [6.07, 6.45) is 3.50. The van der Waals surface area contributed by atoms with E-state index in [9.17, 15) is 4.79 Å². The lowest BCUT2D eigenvalue weighted by Gasteiger charge is -2.10. The number of aromatic nitrogens is 2. The standard InChI is InChI=1S/C15H12BrN3O/c16-11-4-6-14(20)19(9-11)8-10-3-5-13(17)12-2-1-7-18-15(10)12/h1-7,9H,8,17H2. The molecule has 3 aromatic rings. The molecular weight excluding hydrogens is 318 g/mol. The molecule has 0 saturated heterocycles. The van der Waals surface area contributed by atoms with Gasteiger partial charge in [-0.05, 0) is 45.8 Å². The molecule has 1 aromatic carbocycles. The molecule has 0 amide bonds. The number of fused-ring (bicyclic) bond motifs is 1. The van der Waals surface area contributed by atoms with Gasteiger partial charge in [-0.1, -0.05) is 6.07 Å². The topological polar surface area (TPSA) is 60.9 Å². The van der Waals surface area contributed by atoms with Crippen LogP contribution < -0.4 is 11.3 Å². The monoisotopic (exact) mass is 329 g/mol. The summed E-state index contributed by atoms with van der Waals surface area (Å²) in [5, 5.41) is 0.910. The van der Waals surface area contributed by atoms with Gasteiger partial charge in [0.25, 0.3) is 5.56 Å². The maximum atomic E-state index is 11.9. The number of halogens is 1. The smallest absolute Gasteiger partial charge is 0.250 e. The first-order chi connectivity index (χ1) is 9.65. The maximum Gasteiger partial charge on any atom is 0.250 e. The number of hydrogen-bond donors (Lipinski definition) is 1. The first kappa shape index (κ1) is 12.9. The molecule has 0 fully saturated rings. The van der Waals surface area contributed by atoms with Gasteiger partial charge in [-0.3, -0.25) is 9.78 Å². The fourth-order valence-electron chi connectivity index (χ4n) is 2.19. The van der Waals surface area contributed by atoms with Crippen molar-refractivity contribution in [2.45, 2.75) is 6.54 Å². The van der Waals surface area contributed by atoms with Crippen LogP contribution in [-0.4, -0.2) is 9.55 Å². The molecule has 0 spiro atoms. The van der Waals surface area contributed by atoms with Gasteiger partial charge in [0, 0.05) is 34.0 Å². The molecule has 2 aromatic heterocycles. The Morgan fingerprint density at radius 3 is 2.90 bits per heavy atom. The van der Waals surface area contributed by atoms with Crippen molar-refractivity contribution in [3.05, 3.63) is 69.2 Å². The van der Waals surface area contributed by atoms with Crippen molar-refractivity contribution in [2.75, 3.05) is 5.73 Å². The molecule has 4 nitrogen and oxygen atoms in total. The van der Waals surface area contributed by atoms with Crippen LogP contribution in [0.1, 0.15) is 5.56 Å². The number of nitrogen functional groups attached to an aromatic ring is 1. The summed E-state index contributed by atoms with van der Waals surface area (Å²) in [5.74, 6) is 0. The molecule has 2 N–H and O–H groups in total. The molecule has 0 aliphatic rings. The van der Waals surface area contributed by atoms with Crippen LogP contribution in [0.3, 0.4) is 0 Å². The van der Waals surface area contributed by atoms with E-state index in [1.165, 1.54) is 6.07 Å². The number of nitrogens with two attached hydrogens (primary N) is 1. The highest BCUT2D eigenvalue weighted by Crippen LogP contribution is 2.23. The van der Waals surface area contributed by atoms with E-state index in [0.29, 0.717) is 12.2 Å². The Kier molecular flexibility index (Phi) is 3.28. The van der Waals surface area contributed by atoms with Gasteiger partial charge in [-0.15, -0.1) is 0 Å². The Morgan fingerprint density at radius 2 is 2.05 bits per heavy atom. The highest BCUT2D eigenvalue weighted by atomic mass is 79.9. The van der Waals surface area contributed by atoms with Crippen molar-refractivity contribution in [1.82, 2.24) is 9.55 Å². The van der Waals surface area contributed by atoms with E-state index in [1.54, 1.807) is 23.0 Å². The molecule has 0 radical (unpaired) electrons. The third-order valence-corrected chi connectivity index (χ3v) is 3.64. The van der Waals surface area contributed by atoms with Crippen LogP contribution in [0.25, 0.3) is 10.9 Å². The van der Waals surface area contributed by atoms with Crippen molar-refractivity contribution in [3.63, 3.8) is 0 Å². The zero-order valence-electron chi connectivity index (χ0n) is 10.6. The summed E-state index contributed by atoms with van der Waals surface area (Å²) in [4.78, 5) is 16.3. The van der Waals surface area contributed by atoms with E-state index in [-0.39, 0.29) is 5.56 Å². The van der Waals surface area contributed by atoms with Crippen LogP contribution in [-0.2, 0) is 6.54 Å². The second kappa shape index (κ2) is 5.09. The van der Waals surface area contributed by atoms with E-state index in [1.807, 2.05) is 24.3 Å². The second-order valence-electron chi connectivity index (χ2n) is 4.53. The molecule has 0 saturated carbocycles. The fourth-order valence-corrected chi connectivity index (χ4v) is 2.57. The Labute approximate surface area is 124 Å². The van der Waals surface area contributed by atoms with E-state index in [2.05, 4.69) is 20.9 Å². The molecule has 0 bridgehead atoms. The molecule has 0 aliphatic heterocycles. The molecule has 3 rings (SSSR count). The predicted molar refractivity (Wildman–Crippen MR) is 83.7 cm³/mol. The number of rotatable bonds is 2. The van der Waals surface area contributed by atoms with Gasteiger partial charge in [-0.2, -0.15) is 0 Å². The van der Waals surface area contributed by atoms with E-state index >= 15 is 0 Å². The van der Waals surface area contributed by atoms with Crippen LogP contribution in [0, 0.1) is 0 Å². The minimum atomic E-state index is -0.0471. The second-order valence-corrected chi connectivity index (χ2v) is 5.44. The average molecular weight is 330 g/mol. The lowest BCUT2D eigenvalue weighted by Crippen LogP contribution is -2.19. The van der Waals surface area contributed by atoms with Crippen LogP contribution in [0.4, 0.5) is 5.69 Å². The third-order valence-electron chi connectivity index (χ3n) is 3.18. The summed E-state index contributed by atoms with van der Waals surface area (Å²) >= 11 is 3.38. The third kappa shape index (κ3) is 2.32. The molecular formula is C15H12BrN3O. The normalized spacial score (nSPS) is 10.8. The molecule has 100 valence electrons. The molecule has 0 aliphatic carbocycles. The maximum absolute atomic E-state index is 11.9. The van der Waals surface area contributed by atoms with E-state index < -0.39 is 0 Å². The van der Waals surface area contributed by atoms with Crippen molar-refractivity contribution in [2.24, 2.45) is 0 Å². The summed E-state index contributed by atoms with van der Waals surface area (Å²) in [5.41, 5.74) is 8.40. The van der Waals surface area contributed by atoms with Gasteiger partial charge in [0.15, 0.2) is 0 Å². The number of nitrogens with zero attached hydrogens (tertiary/aromatic N) is 2. The minimum Gasteiger partial charge on any atom is -0.398 e. The highest BCUT2D eigenvalue weighted by Gasteiger charge is 2.06. The summed E-state index contributed by atoms with van der Waals surface area (Å²) in [7, 11) is 0. The number of benzene rings is 1. The highest BCUT2D eigenvalue weighted by molar-refractivity contribution is 9.10. The van der Waals surface area contributed by atoms with Crippen molar-refractivity contribution in [3.8, 4) is 0 Å². The number of pyridine rings is 2. The minimum absolute atomic E-state index is 0.0471. The van der Waals surface area contributed by atoms with Crippen LogP contribution in [0.15, 0.2) is 58.1 Å². The largest absolute Gasteiger partial charge is 0.398 e.